The predicted molar refractivity (Wildman–Crippen MR) is 68.8 cm³/mol. The second-order valence-electron chi connectivity index (χ2n) is 5.36. The van der Waals surface area contributed by atoms with Crippen LogP contribution in [0.3, 0.4) is 0 Å². The number of nitrogens with zero attached hydrogens (tertiary/aromatic N) is 2. The number of piperidine rings is 1. The molecule has 5 heteroatoms. The molecule has 1 aliphatic carbocycles. The van der Waals surface area contributed by atoms with E-state index in [0.717, 1.165) is 25.7 Å². The molecule has 100 valence electrons. The van der Waals surface area contributed by atoms with Crippen molar-refractivity contribution in [3.8, 4) is 6.07 Å². The molecule has 2 rings (SSSR count). The Bertz CT molecular complexity index is 321. The van der Waals surface area contributed by atoms with Gasteiger partial charge in [0.15, 0.2) is 0 Å². The molecule has 0 spiro atoms. The summed E-state index contributed by atoms with van der Waals surface area (Å²) >= 11 is 0. The van der Waals surface area contributed by atoms with E-state index in [4.69, 9.17) is 5.26 Å². The zero-order valence-electron chi connectivity index (χ0n) is 10.8. The van der Waals surface area contributed by atoms with Crippen LogP contribution in [-0.4, -0.2) is 49.6 Å². The summed E-state index contributed by atoms with van der Waals surface area (Å²) in [7, 11) is 0. The van der Waals surface area contributed by atoms with Crippen molar-refractivity contribution in [2.75, 3.05) is 32.7 Å². The second-order valence-corrected chi connectivity index (χ2v) is 5.36. The zero-order chi connectivity index (χ0) is 12.8. The van der Waals surface area contributed by atoms with Crippen LogP contribution in [-0.2, 0) is 4.79 Å². The fourth-order valence-electron chi connectivity index (χ4n) is 2.48. The maximum atomic E-state index is 11.5. The van der Waals surface area contributed by atoms with Crippen molar-refractivity contribution in [3.05, 3.63) is 0 Å². The molecule has 1 heterocycles. The Hall–Kier alpha value is -1.12. The first kappa shape index (κ1) is 13.3. The Morgan fingerprint density at radius 2 is 2.22 bits per heavy atom. The number of nitriles is 1. The van der Waals surface area contributed by atoms with E-state index >= 15 is 0 Å². The second kappa shape index (κ2) is 6.72. The number of carbonyl (C=O) groups excluding carboxylic acids is 1. The van der Waals surface area contributed by atoms with Crippen molar-refractivity contribution >= 4 is 5.91 Å². The van der Waals surface area contributed by atoms with E-state index in [1.807, 2.05) is 6.07 Å². The number of rotatable bonds is 6. The lowest BCUT2D eigenvalue weighted by Gasteiger charge is -2.32. The van der Waals surface area contributed by atoms with Crippen LogP contribution >= 0.6 is 0 Å². The molecule has 1 aliphatic heterocycles. The highest BCUT2D eigenvalue weighted by Crippen LogP contribution is 2.21. The van der Waals surface area contributed by atoms with Gasteiger partial charge in [0.05, 0.1) is 12.6 Å². The Labute approximate surface area is 109 Å². The van der Waals surface area contributed by atoms with Crippen molar-refractivity contribution in [1.29, 1.82) is 5.26 Å². The highest BCUT2D eigenvalue weighted by atomic mass is 16.2. The number of nitrogens with one attached hydrogen (secondary N) is 2. The van der Waals surface area contributed by atoms with Crippen LogP contribution in [0, 0.1) is 17.2 Å². The first-order chi connectivity index (χ1) is 8.78. The summed E-state index contributed by atoms with van der Waals surface area (Å²) in [5.74, 6) is 0.635. The standard InChI is InChI=1S/C13H22N4O/c14-5-6-15-13(18)10-17-7-1-2-11(9-17)8-16-12-3-4-12/h11-12,16H,1-4,6-10H2,(H,15,18). The molecule has 0 aromatic rings. The average Bonchev–Trinajstić information content (AvgIpc) is 3.18. The molecule has 2 N–H and O–H groups in total. The monoisotopic (exact) mass is 250 g/mol. The van der Waals surface area contributed by atoms with E-state index in [0.29, 0.717) is 12.5 Å². The number of amides is 1. The lowest BCUT2D eigenvalue weighted by molar-refractivity contribution is -0.122. The molecule has 5 nitrogen and oxygen atoms in total. The SMILES string of the molecule is N#CCNC(=O)CN1CCCC(CNC2CC2)C1. The molecule has 1 unspecified atom stereocenters. The zero-order valence-corrected chi connectivity index (χ0v) is 10.8. The Morgan fingerprint density at radius 1 is 1.39 bits per heavy atom. The summed E-state index contributed by atoms with van der Waals surface area (Å²) in [6.45, 7) is 3.63. The molecule has 0 aromatic heterocycles. The van der Waals surface area contributed by atoms with Gasteiger partial charge in [-0.25, -0.2) is 0 Å². The van der Waals surface area contributed by atoms with Gasteiger partial charge >= 0.3 is 0 Å². The van der Waals surface area contributed by atoms with Gasteiger partial charge in [0, 0.05) is 12.6 Å². The minimum absolute atomic E-state index is 0.0349. The van der Waals surface area contributed by atoms with Gasteiger partial charge in [-0.3, -0.25) is 9.69 Å². The first-order valence-electron chi connectivity index (χ1n) is 6.87. The van der Waals surface area contributed by atoms with Gasteiger partial charge in [-0.05, 0) is 44.7 Å². The molecule has 2 aliphatic rings. The maximum Gasteiger partial charge on any atom is 0.235 e. The van der Waals surface area contributed by atoms with Gasteiger partial charge in [0.25, 0.3) is 0 Å². The lowest BCUT2D eigenvalue weighted by Crippen LogP contribution is -2.44. The number of hydrogen-bond acceptors (Lipinski definition) is 4. The summed E-state index contributed by atoms with van der Waals surface area (Å²) in [5, 5.41) is 14.6. The first-order valence-corrected chi connectivity index (χ1v) is 6.87. The third-order valence-electron chi connectivity index (χ3n) is 3.61. The van der Waals surface area contributed by atoms with Crippen LogP contribution in [0.5, 0.6) is 0 Å². The van der Waals surface area contributed by atoms with Crippen LogP contribution in [0.1, 0.15) is 25.7 Å². The highest BCUT2D eigenvalue weighted by Gasteiger charge is 2.25. The van der Waals surface area contributed by atoms with E-state index in [-0.39, 0.29) is 12.5 Å². The van der Waals surface area contributed by atoms with E-state index in [1.54, 1.807) is 0 Å². The maximum absolute atomic E-state index is 11.5. The number of hydrogen-bond donors (Lipinski definition) is 2. The quantitative estimate of drug-likeness (QED) is 0.656. The summed E-state index contributed by atoms with van der Waals surface area (Å²) in [6.07, 6.45) is 5.08. The third-order valence-corrected chi connectivity index (χ3v) is 3.61. The van der Waals surface area contributed by atoms with Crippen molar-refractivity contribution in [3.63, 3.8) is 0 Å². The normalized spacial score (nSPS) is 24.5. The van der Waals surface area contributed by atoms with Gasteiger partial charge in [0.1, 0.15) is 6.54 Å². The molecule has 18 heavy (non-hydrogen) atoms. The number of likely N-dealkylation sites (tertiary alicyclic amines) is 1. The van der Waals surface area contributed by atoms with Crippen molar-refractivity contribution in [1.82, 2.24) is 15.5 Å². The predicted octanol–water partition coefficient (Wildman–Crippen LogP) is 0.0902. The van der Waals surface area contributed by atoms with E-state index in [2.05, 4.69) is 15.5 Å². The third kappa shape index (κ3) is 4.63. The van der Waals surface area contributed by atoms with Gasteiger partial charge in [0.2, 0.25) is 5.91 Å². The fraction of sp³-hybridized carbons (Fsp3) is 0.846. The molecule has 0 aromatic carbocycles. The minimum atomic E-state index is -0.0349. The van der Waals surface area contributed by atoms with Crippen LogP contribution in [0.25, 0.3) is 0 Å². The van der Waals surface area contributed by atoms with Crippen molar-refractivity contribution in [2.24, 2.45) is 5.92 Å². The highest BCUT2D eigenvalue weighted by molar-refractivity contribution is 5.78. The molecule has 0 bridgehead atoms. The van der Waals surface area contributed by atoms with Crippen LogP contribution < -0.4 is 10.6 Å². The van der Waals surface area contributed by atoms with Gasteiger partial charge in [-0.2, -0.15) is 5.26 Å². The van der Waals surface area contributed by atoms with E-state index in [9.17, 15) is 4.79 Å². The van der Waals surface area contributed by atoms with Crippen molar-refractivity contribution < 1.29 is 4.79 Å². The smallest absolute Gasteiger partial charge is 0.235 e. The summed E-state index contributed by atoms with van der Waals surface area (Å²) < 4.78 is 0. The molecule has 1 saturated heterocycles. The molecular weight excluding hydrogens is 228 g/mol. The Kier molecular flexibility index (Phi) is 4.97. The van der Waals surface area contributed by atoms with Gasteiger partial charge in [-0.1, -0.05) is 0 Å². The largest absolute Gasteiger partial charge is 0.342 e. The Morgan fingerprint density at radius 3 is 2.94 bits per heavy atom. The fourth-order valence-corrected chi connectivity index (χ4v) is 2.48. The van der Waals surface area contributed by atoms with E-state index in [1.165, 1.54) is 25.7 Å². The van der Waals surface area contributed by atoms with E-state index < -0.39 is 0 Å². The minimum Gasteiger partial charge on any atom is -0.342 e. The average molecular weight is 250 g/mol. The summed E-state index contributed by atoms with van der Waals surface area (Å²) in [6, 6.07) is 2.69. The molecule has 1 saturated carbocycles. The Balaban J connectivity index is 1.65. The van der Waals surface area contributed by atoms with Crippen LogP contribution in [0.2, 0.25) is 0 Å². The molecule has 2 fully saturated rings. The van der Waals surface area contributed by atoms with Crippen LogP contribution in [0.15, 0.2) is 0 Å². The van der Waals surface area contributed by atoms with Gasteiger partial charge in [-0.15, -0.1) is 0 Å². The van der Waals surface area contributed by atoms with Crippen molar-refractivity contribution in [2.45, 2.75) is 31.7 Å². The molecule has 0 radical (unpaired) electrons. The molecular formula is C13H22N4O. The van der Waals surface area contributed by atoms with Crippen LogP contribution in [0.4, 0.5) is 0 Å². The summed E-state index contributed by atoms with van der Waals surface area (Å²) in [5.41, 5.74) is 0. The lowest BCUT2D eigenvalue weighted by atomic mass is 9.98. The topological polar surface area (TPSA) is 68.2 Å². The molecule has 1 atom stereocenters. The summed E-state index contributed by atoms with van der Waals surface area (Å²) in [4.78, 5) is 13.7. The number of carbonyl (C=O) groups is 1. The van der Waals surface area contributed by atoms with Gasteiger partial charge < -0.3 is 10.6 Å². The molecule has 1 amide bonds.